The number of benzene rings is 1. The molecule has 0 aromatic heterocycles. The van der Waals surface area contributed by atoms with Gasteiger partial charge in [-0.1, -0.05) is 64.0 Å². The van der Waals surface area contributed by atoms with Crippen LogP contribution < -0.4 is 5.32 Å². The van der Waals surface area contributed by atoms with Gasteiger partial charge in [-0.2, -0.15) is 0 Å². The molecule has 0 spiro atoms. The van der Waals surface area contributed by atoms with Crippen LogP contribution in [0.1, 0.15) is 75.8 Å². The van der Waals surface area contributed by atoms with E-state index in [1.165, 1.54) is 62.5 Å². The third-order valence-corrected chi connectivity index (χ3v) is 4.92. The minimum Gasteiger partial charge on any atom is -0.508 e. The van der Waals surface area contributed by atoms with E-state index in [0.717, 1.165) is 25.8 Å². The standard InChI is InChI=1S/C20H33NO/c1-2-3-4-5-6-7-8-9-15-21-18-13-14-19-17(16-18)11-10-12-20(19)22/h10-12,18,21-22H,2-9,13-16H2,1H3. The Bertz CT molecular complexity index is 430. The van der Waals surface area contributed by atoms with Gasteiger partial charge >= 0.3 is 0 Å². The van der Waals surface area contributed by atoms with Gasteiger partial charge in [0.25, 0.3) is 0 Å². The second kappa shape index (κ2) is 9.89. The van der Waals surface area contributed by atoms with Crippen LogP contribution in [0.3, 0.4) is 0 Å². The van der Waals surface area contributed by atoms with E-state index in [-0.39, 0.29) is 0 Å². The molecule has 1 aromatic rings. The average Bonchev–Trinajstić information content (AvgIpc) is 2.53. The van der Waals surface area contributed by atoms with Crippen LogP contribution in [0.5, 0.6) is 5.75 Å². The highest BCUT2D eigenvalue weighted by atomic mass is 16.3. The lowest BCUT2D eigenvalue weighted by molar-refractivity contribution is 0.426. The highest BCUT2D eigenvalue weighted by Crippen LogP contribution is 2.28. The van der Waals surface area contributed by atoms with Gasteiger partial charge < -0.3 is 10.4 Å². The highest BCUT2D eigenvalue weighted by molar-refractivity contribution is 5.41. The molecule has 1 atom stereocenters. The summed E-state index contributed by atoms with van der Waals surface area (Å²) in [6, 6.07) is 6.54. The Labute approximate surface area is 136 Å². The molecule has 0 saturated carbocycles. The first kappa shape index (κ1) is 17.3. The van der Waals surface area contributed by atoms with Crippen molar-refractivity contribution in [3.63, 3.8) is 0 Å². The summed E-state index contributed by atoms with van der Waals surface area (Å²) in [7, 11) is 0. The molecular formula is C20H33NO. The van der Waals surface area contributed by atoms with Gasteiger partial charge in [-0.15, -0.1) is 0 Å². The van der Waals surface area contributed by atoms with Crippen molar-refractivity contribution in [1.29, 1.82) is 0 Å². The summed E-state index contributed by atoms with van der Waals surface area (Å²) in [6.07, 6.45) is 14.3. The number of hydrogen-bond donors (Lipinski definition) is 2. The molecule has 1 aromatic carbocycles. The minimum absolute atomic E-state index is 0.485. The molecule has 2 heteroatoms. The first-order chi connectivity index (χ1) is 10.8. The van der Waals surface area contributed by atoms with Crippen LogP contribution in [0.4, 0.5) is 0 Å². The number of hydrogen-bond acceptors (Lipinski definition) is 2. The third kappa shape index (κ3) is 5.64. The molecule has 0 bridgehead atoms. The second-order valence-corrected chi connectivity index (χ2v) is 6.78. The summed E-state index contributed by atoms with van der Waals surface area (Å²) in [5, 5.41) is 13.6. The molecule has 0 amide bonds. The quantitative estimate of drug-likeness (QED) is 0.597. The predicted molar refractivity (Wildman–Crippen MR) is 94.5 cm³/mol. The third-order valence-electron chi connectivity index (χ3n) is 4.92. The molecule has 0 radical (unpaired) electrons. The van der Waals surface area contributed by atoms with E-state index in [1.54, 1.807) is 0 Å². The lowest BCUT2D eigenvalue weighted by Gasteiger charge is -2.26. The van der Waals surface area contributed by atoms with E-state index in [2.05, 4.69) is 18.3 Å². The molecular weight excluding hydrogens is 270 g/mol. The number of phenolic OH excluding ortho intramolecular Hbond substituents is 1. The number of fused-ring (bicyclic) bond motifs is 1. The van der Waals surface area contributed by atoms with Gasteiger partial charge in [-0.3, -0.25) is 0 Å². The van der Waals surface area contributed by atoms with E-state index in [9.17, 15) is 5.11 Å². The molecule has 0 fully saturated rings. The van der Waals surface area contributed by atoms with Gasteiger partial charge in [0.1, 0.15) is 5.75 Å². The van der Waals surface area contributed by atoms with Crippen molar-refractivity contribution in [3.05, 3.63) is 29.3 Å². The predicted octanol–water partition coefficient (Wildman–Crippen LogP) is 4.98. The fourth-order valence-corrected chi connectivity index (χ4v) is 3.53. The zero-order valence-corrected chi connectivity index (χ0v) is 14.2. The van der Waals surface area contributed by atoms with Gasteiger partial charge in [-0.05, 0) is 49.4 Å². The monoisotopic (exact) mass is 303 g/mol. The average molecular weight is 303 g/mol. The van der Waals surface area contributed by atoms with Crippen LogP contribution in [0.25, 0.3) is 0 Å². The second-order valence-electron chi connectivity index (χ2n) is 6.78. The number of unbranched alkanes of at least 4 members (excludes halogenated alkanes) is 7. The normalized spacial score (nSPS) is 17.4. The SMILES string of the molecule is CCCCCCCCCCNC1CCc2c(O)cccc2C1. The molecule has 0 saturated heterocycles. The largest absolute Gasteiger partial charge is 0.508 e. The molecule has 0 heterocycles. The zero-order chi connectivity index (χ0) is 15.6. The first-order valence-electron chi connectivity index (χ1n) is 9.34. The summed E-state index contributed by atoms with van der Waals surface area (Å²) in [6.45, 7) is 3.42. The van der Waals surface area contributed by atoms with Crippen molar-refractivity contribution < 1.29 is 5.11 Å². The summed E-state index contributed by atoms with van der Waals surface area (Å²) < 4.78 is 0. The lowest BCUT2D eigenvalue weighted by Crippen LogP contribution is -2.35. The van der Waals surface area contributed by atoms with Gasteiger partial charge in [-0.25, -0.2) is 0 Å². The summed E-state index contributed by atoms with van der Waals surface area (Å²) >= 11 is 0. The molecule has 1 unspecified atom stereocenters. The Balaban J connectivity index is 1.54. The number of aromatic hydroxyl groups is 1. The fourth-order valence-electron chi connectivity index (χ4n) is 3.53. The van der Waals surface area contributed by atoms with Crippen LogP contribution in [-0.2, 0) is 12.8 Å². The van der Waals surface area contributed by atoms with Crippen LogP contribution in [0.2, 0.25) is 0 Å². The summed E-state index contributed by atoms with van der Waals surface area (Å²) in [4.78, 5) is 0. The Morgan fingerprint density at radius 1 is 1.05 bits per heavy atom. The fraction of sp³-hybridized carbons (Fsp3) is 0.700. The van der Waals surface area contributed by atoms with Crippen molar-refractivity contribution >= 4 is 0 Å². The van der Waals surface area contributed by atoms with Gasteiger partial charge in [0, 0.05) is 6.04 Å². The first-order valence-corrected chi connectivity index (χ1v) is 9.34. The van der Waals surface area contributed by atoms with E-state index < -0.39 is 0 Å². The number of phenols is 1. The molecule has 1 aliphatic rings. The van der Waals surface area contributed by atoms with Crippen LogP contribution in [0.15, 0.2) is 18.2 Å². The highest BCUT2D eigenvalue weighted by Gasteiger charge is 2.19. The topological polar surface area (TPSA) is 32.3 Å². The molecule has 2 rings (SSSR count). The Hall–Kier alpha value is -1.02. The summed E-state index contributed by atoms with van der Waals surface area (Å²) in [5.74, 6) is 0.485. The molecule has 22 heavy (non-hydrogen) atoms. The van der Waals surface area contributed by atoms with Crippen molar-refractivity contribution in [1.82, 2.24) is 5.32 Å². The van der Waals surface area contributed by atoms with Gasteiger partial charge in [0.2, 0.25) is 0 Å². The maximum absolute atomic E-state index is 9.87. The zero-order valence-electron chi connectivity index (χ0n) is 14.2. The van der Waals surface area contributed by atoms with Gasteiger partial charge in [0.05, 0.1) is 0 Å². The lowest BCUT2D eigenvalue weighted by atomic mass is 9.87. The Morgan fingerprint density at radius 3 is 2.55 bits per heavy atom. The molecule has 124 valence electrons. The van der Waals surface area contributed by atoms with Crippen molar-refractivity contribution in [2.75, 3.05) is 6.54 Å². The number of rotatable bonds is 10. The molecule has 2 N–H and O–H groups in total. The van der Waals surface area contributed by atoms with E-state index in [4.69, 9.17) is 0 Å². The van der Waals surface area contributed by atoms with E-state index in [0.29, 0.717) is 11.8 Å². The van der Waals surface area contributed by atoms with Gasteiger partial charge in [0.15, 0.2) is 0 Å². The van der Waals surface area contributed by atoms with Crippen molar-refractivity contribution in [2.24, 2.45) is 0 Å². The maximum Gasteiger partial charge on any atom is 0.119 e. The molecule has 1 aliphatic carbocycles. The number of nitrogens with one attached hydrogen (secondary N) is 1. The smallest absolute Gasteiger partial charge is 0.119 e. The van der Waals surface area contributed by atoms with Crippen molar-refractivity contribution in [2.45, 2.75) is 83.6 Å². The minimum atomic E-state index is 0.485. The molecule has 2 nitrogen and oxygen atoms in total. The van der Waals surface area contributed by atoms with Crippen LogP contribution in [0, 0.1) is 0 Å². The van der Waals surface area contributed by atoms with Crippen LogP contribution in [-0.4, -0.2) is 17.7 Å². The summed E-state index contributed by atoms with van der Waals surface area (Å²) in [5.41, 5.74) is 2.51. The van der Waals surface area contributed by atoms with Crippen molar-refractivity contribution in [3.8, 4) is 5.75 Å². The Kier molecular flexibility index (Phi) is 7.79. The molecule has 0 aliphatic heterocycles. The van der Waals surface area contributed by atoms with E-state index in [1.807, 2.05) is 12.1 Å². The van der Waals surface area contributed by atoms with E-state index >= 15 is 0 Å². The van der Waals surface area contributed by atoms with Crippen LogP contribution >= 0.6 is 0 Å². The maximum atomic E-state index is 9.87. The Morgan fingerprint density at radius 2 is 1.77 bits per heavy atom.